The minimum absolute atomic E-state index is 0.114. The molecule has 0 amide bonds. The summed E-state index contributed by atoms with van der Waals surface area (Å²) < 4.78 is 0. The summed E-state index contributed by atoms with van der Waals surface area (Å²) in [5.74, 6) is 0. The second-order valence-corrected chi connectivity index (χ2v) is 4.52. The summed E-state index contributed by atoms with van der Waals surface area (Å²) in [6, 6.07) is 10.3. The van der Waals surface area contributed by atoms with Crippen molar-refractivity contribution in [3.05, 3.63) is 48.3 Å². The number of nitrogens with one attached hydrogen (secondary N) is 1. The van der Waals surface area contributed by atoms with Crippen molar-refractivity contribution in [2.45, 2.75) is 13.0 Å². The summed E-state index contributed by atoms with van der Waals surface area (Å²) in [5, 5.41) is 12.5. The average molecular weight is 247 g/mol. The van der Waals surface area contributed by atoms with Gasteiger partial charge in [0.2, 0.25) is 0 Å². The molecule has 2 N–H and O–H groups in total. The SMILES string of the molecule is OCN(CCCN1C=CNC1)Cc1ccccc1. The Labute approximate surface area is 109 Å². The number of nitrogens with zero attached hydrogens (tertiary/aromatic N) is 2. The van der Waals surface area contributed by atoms with Crippen molar-refractivity contribution < 1.29 is 5.11 Å². The summed E-state index contributed by atoms with van der Waals surface area (Å²) in [5.41, 5.74) is 1.24. The fourth-order valence-electron chi connectivity index (χ4n) is 2.07. The highest BCUT2D eigenvalue weighted by molar-refractivity contribution is 5.14. The van der Waals surface area contributed by atoms with Crippen LogP contribution in [0.25, 0.3) is 0 Å². The number of hydrogen-bond donors (Lipinski definition) is 2. The van der Waals surface area contributed by atoms with Crippen LogP contribution in [0.4, 0.5) is 0 Å². The molecule has 0 aliphatic carbocycles. The smallest absolute Gasteiger partial charge is 0.0959 e. The van der Waals surface area contributed by atoms with Crippen LogP contribution in [0.5, 0.6) is 0 Å². The highest BCUT2D eigenvalue weighted by Crippen LogP contribution is 2.05. The molecule has 0 saturated heterocycles. The molecule has 0 fully saturated rings. The largest absolute Gasteiger partial charge is 0.381 e. The Kier molecular flexibility index (Phi) is 5.05. The molecular weight excluding hydrogens is 226 g/mol. The standard InChI is InChI=1S/C14H21N3O/c18-13-17(11-14-5-2-1-3-6-14)9-4-8-16-10-7-15-12-16/h1-3,5-7,10,15,18H,4,8-9,11-13H2. The first-order chi connectivity index (χ1) is 8.88. The topological polar surface area (TPSA) is 38.7 Å². The third kappa shape index (κ3) is 4.05. The molecule has 1 aliphatic heterocycles. The number of rotatable bonds is 7. The van der Waals surface area contributed by atoms with E-state index in [4.69, 9.17) is 0 Å². The van der Waals surface area contributed by atoms with Crippen molar-refractivity contribution in [2.24, 2.45) is 0 Å². The van der Waals surface area contributed by atoms with Crippen LogP contribution in [0.3, 0.4) is 0 Å². The van der Waals surface area contributed by atoms with E-state index in [2.05, 4.69) is 33.4 Å². The normalized spacial score (nSPS) is 14.2. The molecule has 4 nitrogen and oxygen atoms in total. The molecule has 0 aromatic heterocycles. The second-order valence-electron chi connectivity index (χ2n) is 4.52. The third-order valence-corrected chi connectivity index (χ3v) is 3.07. The number of benzene rings is 1. The Hall–Kier alpha value is -1.52. The molecule has 1 aromatic rings. The van der Waals surface area contributed by atoms with E-state index in [0.29, 0.717) is 0 Å². The van der Waals surface area contributed by atoms with Gasteiger partial charge in [0, 0.05) is 32.0 Å². The molecule has 1 aliphatic rings. The maximum Gasteiger partial charge on any atom is 0.0959 e. The van der Waals surface area contributed by atoms with Gasteiger partial charge in [-0.1, -0.05) is 30.3 Å². The molecular formula is C14H21N3O. The Morgan fingerprint density at radius 2 is 2.11 bits per heavy atom. The summed E-state index contributed by atoms with van der Waals surface area (Å²) in [6.07, 6.45) is 5.09. The van der Waals surface area contributed by atoms with E-state index in [0.717, 1.165) is 32.7 Å². The van der Waals surface area contributed by atoms with E-state index in [-0.39, 0.29) is 6.73 Å². The molecule has 0 spiro atoms. The molecule has 0 radical (unpaired) electrons. The van der Waals surface area contributed by atoms with E-state index < -0.39 is 0 Å². The van der Waals surface area contributed by atoms with Crippen molar-refractivity contribution in [3.63, 3.8) is 0 Å². The van der Waals surface area contributed by atoms with Crippen LogP contribution in [0.1, 0.15) is 12.0 Å². The van der Waals surface area contributed by atoms with Crippen molar-refractivity contribution in [1.82, 2.24) is 15.1 Å². The monoisotopic (exact) mass is 247 g/mol. The lowest BCUT2D eigenvalue weighted by atomic mass is 10.2. The van der Waals surface area contributed by atoms with Crippen LogP contribution < -0.4 is 5.32 Å². The lowest BCUT2D eigenvalue weighted by Gasteiger charge is -2.21. The Morgan fingerprint density at radius 3 is 2.78 bits per heavy atom. The minimum Gasteiger partial charge on any atom is -0.381 e. The first-order valence-electron chi connectivity index (χ1n) is 6.40. The van der Waals surface area contributed by atoms with Crippen LogP contribution in [0.15, 0.2) is 42.7 Å². The molecule has 0 unspecified atom stereocenters. The van der Waals surface area contributed by atoms with Gasteiger partial charge < -0.3 is 15.3 Å². The predicted octanol–water partition coefficient (Wildman–Crippen LogP) is 1.16. The Balaban J connectivity index is 1.70. The fraction of sp³-hybridized carbons (Fsp3) is 0.429. The van der Waals surface area contributed by atoms with E-state index in [1.54, 1.807) is 0 Å². The summed E-state index contributed by atoms with van der Waals surface area (Å²) in [6.45, 7) is 3.76. The highest BCUT2D eigenvalue weighted by Gasteiger charge is 2.06. The second kappa shape index (κ2) is 7.03. The predicted molar refractivity (Wildman–Crippen MR) is 72.4 cm³/mol. The Bertz CT molecular complexity index is 367. The first kappa shape index (κ1) is 12.9. The van der Waals surface area contributed by atoms with Crippen molar-refractivity contribution >= 4 is 0 Å². The number of aliphatic hydroxyl groups is 1. The van der Waals surface area contributed by atoms with Gasteiger partial charge in [0.05, 0.1) is 13.4 Å². The Morgan fingerprint density at radius 1 is 1.28 bits per heavy atom. The molecule has 0 saturated carbocycles. The van der Waals surface area contributed by atoms with Gasteiger partial charge in [-0.05, 0) is 12.0 Å². The van der Waals surface area contributed by atoms with Crippen LogP contribution >= 0.6 is 0 Å². The van der Waals surface area contributed by atoms with E-state index in [9.17, 15) is 5.11 Å². The van der Waals surface area contributed by atoms with Gasteiger partial charge in [-0.25, -0.2) is 0 Å². The van der Waals surface area contributed by atoms with E-state index >= 15 is 0 Å². The lowest BCUT2D eigenvalue weighted by molar-refractivity contribution is 0.0972. The summed E-state index contributed by atoms with van der Waals surface area (Å²) in [4.78, 5) is 4.29. The molecule has 98 valence electrons. The maximum absolute atomic E-state index is 9.37. The molecule has 4 heteroatoms. The zero-order chi connectivity index (χ0) is 12.6. The van der Waals surface area contributed by atoms with Crippen LogP contribution in [-0.2, 0) is 6.54 Å². The minimum atomic E-state index is 0.114. The van der Waals surface area contributed by atoms with Crippen LogP contribution in [0, 0.1) is 0 Å². The highest BCUT2D eigenvalue weighted by atomic mass is 16.3. The van der Waals surface area contributed by atoms with Crippen LogP contribution in [-0.4, -0.2) is 41.4 Å². The number of hydrogen-bond acceptors (Lipinski definition) is 4. The van der Waals surface area contributed by atoms with Gasteiger partial charge >= 0.3 is 0 Å². The third-order valence-electron chi connectivity index (χ3n) is 3.07. The fourth-order valence-corrected chi connectivity index (χ4v) is 2.07. The zero-order valence-corrected chi connectivity index (χ0v) is 10.6. The lowest BCUT2D eigenvalue weighted by Crippen LogP contribution is -2.29. The van der Waals surface area contributed by atoms with E-state index in [1.807, 2.05) is 24.4 Å². The van der Waals surface area contributed by atoms with Crippen LogP contribution in [0.2, 0.25) is 0 Å². The average Bonchev–Trinajstić information content (AvgIpc) is 2.92. The summed E-state index contributed by atoms with van der Waals surface area (Å²) in [7, 11) is 0. The van der Waals surface area contributed by atoms with Gasteiger partial charge in [0.15, 0.2) is 0 Å². The number of aliphatic hydroxyl groups excluding tert-OH is 1. The van der Waals surface area contributed by atoms with Gasteiger partial charge in [-0.2, -0.15) is 0 Å². The summed E-state index contributed by atoms with van der Waals surface area (Å²) >= 11 is 0. The van der Waals surface area contributed by atoms with Crippen molar-refractivity contribution in [1.29, 1.82) is 0 Å². The molecule has 1 aromatic carbocycles. The quantitative estimate of drug-likeness (QED) is 0.709. The molecule has 2 rings (SSSR count). The molecule has 0 bridgehead atoms. The van der Waals surface area contributed by atoms with Crippen molar-refractivity contribution in [3.8, 4) is 0 Å². The van der Waals surface area contributed by atoms with E-state index in [1.165, 1.54) is 5.56 Å². The molecule has 1 heterocycles. The van der Waals surface area contributed by atoms with Crippen molar-refractivity contribution in [2.75, 3.05) is 26.5 Å². The van der Waals surface area contributed by atoms with Gasteiger partial charge in [-0.3, -0.25) is 4.90 Å². The first-order valence-corrected chi connectivity index (χ1v) is 6.40. The van der Waals surface area contributed by atoms with Gasteiger partial charge in [0.1, 0.15) is 0 Å². The van der Waals surface area contributed by atoms with Gasteiger partial charge in [0.25, 0.3) is 0 Å². The zero-order valence-electron chi connectivity index (χ0n) is 10.6. The maximum atomic E-state index is 9.37. The molecule has 0 atom stereocenters. The van der Waals surface area contributed by atoms with Gasteiger partial charge in [-0.15, -0.1) is 0 Å². The molecule has 18 heavy (non-hydrogen) atoms.